The Bertz CT molecular complexity index is 1250. The second kappa shape index (κ2) is 9.52. The van der Waals surface area contributed by atoms with Crippen molar-refractivity contribution >= 4 is 56.6 Å². The molecule has 9 heteroatoms. The van der Waals surface area contributed by atoms with Crippen LogP contribution in [0.15, 0.2) is 56.9 Å². The van der Waals surface area contributed by atoms with Gasteiger partial charge in [0.05, 0.1) is 28.0 Å². The Morgan fingerprint density at radius 3 is 2.68 bits per heavy atom. The van der Waals surface area contributed by atoms with E-state index in [4.69, 9.17) is 28.9 Å². The van der Waals surface area contributed by atoms with Gasteiger partial charge in [-0.15, -0.1) is 0 Å². The van der Waals surface area contributed by atoms with E-state index in [-0.39, 0.29) is 23.8 Å². The quantitative estimate of drug-likeness (QED) is 0.334. The third-order valence-electron chi connectivity index (χ3n) is 7.04. The lowest BCUT2D eigenvalue weighted by Gasteiger charge is -2.43. The van der Waals surface area contributed by atoms with Gasteiger partial charge in [0.15, 0.2) is 0 Å². The molecule has 2 aliphatic rings. The van der Waals surface area contributed by atoms with E-state index in [1.54, 1.807) is 18.2 Å². The molecule has 1 aromatic heterocycles. The lowest BCUT2D eigenvalue weighted by Crippen LogP contribution is -2.44. The fourth-order valence-electron chi connectivity index (χ4n) is 5.16. The van der Waals surface area contributed by atoms with Gasteiger partial charge in [0.25, 0.3) is 0 Å². The maximum absolute atomic E-state index is 10.8. The van der Waals surface area contributed by atoms with Crippen LogP contribution < -0.4 is 10.6 Å². The first kappa shape index (κ1) is 24.2. The lowest BCUT2D eigenvalue weighted by molar-refractivity contribution is 0.187. The number of aromatic nitrogens is 1. The van der Waals surface area contributed by atoms with E-state index in [1.165, 1.54) is 22.9 Å². The molecule has 2 heterocycles. The maximum Gasteiger partial charge on any atom is 0.150 e. The molecule has 1 spiro atoms. The predicted octanol–water partition coefficient (Wildman–Crippen LogP) is 6.34. The maximum atomic E-state index is 10.8. The highest BCUT2D eigenvalue weighted by Gasteiger charge is 2.46. The normalized spacial score (nSPS) is 19.0. The number of hydrogen-bond donors (Lipinski definition) is 3. The van der Waals surface area contributed by atoms with Gasteiger partial charge < -0.3 is 20.8 Å². The fourth-order valence-corrected chi connectivity index (χ4v) is 6.88. The minimum Gasteiger partial charge on any atom is -0.505 e. The Kier molecular flexibility index (Phi) is 6.79. The van der Waals surface area contributed by atoms with Crippen molar-refractivity contribution in [3.8, 4) is 5.75 Å². The molecule has 5 rings (SSSR count). The summed E-state index contributed by atoms with van der Waals surface area (Å²) in [7, 11) is 0. The van der Waals surface area contributed by atoms with Crippen LogP contribution in [0.25, 0.3) is 0 Å². The smallest absolute Gasteiger partial charge is 0.150 e. The van der Waals surface area contributed by atoms with Gasteiger partial charge in [-0.2, -0.15) is 0 Å². The van der Waals surface area contributed by atoms with Crippen LogP contribution in [0.1, 0.15) is 35.7 Å². The lowest BCUT2D eigenvalue weighted by atomic mass is 9.73. The molecule has 1 atom stereocenters. The number of anilines is 1. The second-order valence-electron chi connectivity index (χ2n) is 8.94. The van der Waals surface area contributed by atoms with Crippen LogP contribution in [0.5, 0.6) is 5.75 Å². The van der Waals surface area contributed by atoms with Gasteiger partial charge in [0.2, 0.25) is 0 Å². The number of aromatic hydroxyl groups is 1. The van der Waals surface area contributed by atoms with Gasteiger partial charge in [0, 0.05) is 34.6 Å². The summed E-state index contributed by atoms with van der Waals surface area (Å²) in [5.41, 5.74) is 10.6. The molecule has 1 fully saturated rings. The summed E-state index contributed by atoms with van der Waals surface area (Å²) in [5, 5.41) is 22.1. The van der Waals surface area contributed by atoms with Crippen molar-refractivity contribution in [2.75, 3.05) is 18.0 Å². The molecule has 1 aliphatic heterocycles. The molecule has 0 bridgehead atoms. The molecule has 0 saturated carbocycles. The van der Waals surface area contributed by atoms with Crippen molar-refractivity contribution in [1.29, 1.82) is 0 Å². The molecule has 1 aliphatic carbocycles. The van der Waals surface area contributed by atoms with Gasteiger partial charge >= 0.3 is 0 Å². The number of aliphatic hydroxyl groups is 1. The molecule has 0 unspecified atom stereocenters. The first-order valence-electron chi connectivity index (χ1n) is 11.1. The summed E-state index contributed by atoms with van der Waals surface area (Å²) in [6.07, 6.45) is 2.85. The minimum absolute atomic E-state index is 0.00668. The first-order valence-corrected chi connectivity index (χ1v) is 13.4. The summed E-state index contributed by atoms with van der Waals surface area (Å²) in [5.74, 6) is 0.0448. The molecule has 34 heavy (non-hydrogen) atoms. The average molecular weight is 581 g/mol. The molecule has 1 saturated heterocycles. The van der Waals surface area contributed by atoms with E-state index in [1.807, 2.05) is 6.07 Å². The highest BCUT2D eigenvalue weighted by molar-refractivity contribution is 9.10. The summed E-state index contributed by atoms with van der Waals surface area (Å²) in [6, 6.07) is 13.4. The Morgan fingerprint density at radius 1 is 1.18 bits per heavy atom. The molecular formula is C25H24BrCl2N3O2S. The van der Waals surface area contributed by atoms with Crippen LogP contribution in [0.4, 0.5) is 5.69 Å². The standard InChI is InChI=1S/C25H24BrCl2N3O2S/c26-15-5-4-14-12-25(23(29)16(14)10-15)6-8-31(9-7-25)19-11-20(33)24(30-18(19)13-32)34-21-3-1-2-17(27)22(21)28/h1-5,10-11,23,32-33H,6-9,12-13,29H2/t23-/m1/s1. The number of aliphatic hydroxyl groups excluding tert-OH is 1. The van der Waals surface area contributed by atoms with E-state index < -0.39 is 0 Å². The van der Waals surface area contributed by atoms with E-state index in [0.717, 1.165) is 42.5 Å². The molecule has 2 aromatic carbocycles. The van der Waals surface area contributed by atoms with E-state index in [2.05, 4.69) is 44.0 Å². The average Bonchev–Trinajstić information content (AvgIpc) is 3.09. The Balaban J connectivity index is 1.36. The molecular weight excluding hydrogens is 557 g/mol. The minimum atomic E-state index is -0.229. The van der Waals surface area contributed by atoms with Crippen LogP contribution in [0, 0.1) is 5.41 Å². The van der Waals surface area contributed by atoms with Crippen LogP contribution >= 0.6 is 50.9 Å². The van der Waals surface area contributed by atoms with E-state index in [9.17, 15) is 10.2 Å². The number of benzene rings is 2. The van der Waals surface area contributed by atoms with Gasteiger partial charge in [-0.1, -0.05) is 63.0 Å². The zero-order valence-electron chi connectivity index (χ0n) is 18.3. The Morgan fingerprint density at radius 2 is 1.94 bits per heavy atom. The highest BCUT2D eigenvalue weighted by Crippen LogP contribution is 2.52. The van der Waals surface area contributed by atoms with Gasteiger partial charge in [-0.3, -0.25) is 0 Å². The third-order valence-corrected chi connectivity index (χ3v) is 9.52. The fraction of sp³-hybridized carbons (Fsp3) is 0.320. The molecule has 0 amide bonds. The van der Waals surface area contributed by atoms with Gasteiger partial charge in [0.1, 0.15) is 10.8 Å². The van der Waals surface area contributed by atoms with Crippen molar-refractivity contribution in [2.24, 2.45) is 11.1 Å². The van der Waals surface area contributed by atoms with E-state index >= 15 is 0 Å². The molecule has 5 nitrogen and oxygen atoms in total. The second-order valence-corrected chi connectivity index (χ2v) is 11.7. The number of nitrogens with zero attached hydrogens (tertiary/aromatic N) is 2. The van der Waals surface area contributed by atoms with Crippen LogP contribution in [0.2, 0.25) is 10.0 Å². The molecule has 4 N–H and O–H groups in total. The van der Waals surface area contributed by atoms with Crippen molar-refractivity contribution in [3.05, 3.63) is 73.8 Å². The predicted molar refractivity (Wildman–Crippen MR) is 141 cm³/mol. The summed E-state index contributed by atoms with van der Waals surface area (Å²) in [6.45, 7) is 1.33. The zero-order chi connectivity index (χ0) is 24.0. The molecule has 0 radical (unpaired) electrons. The number of piperidine rings is 1. The number of fused-ring (bicyclic) bond motifs is 1. The Hall–Kier alpha value is -1.48. The summed E-state index contributed by atoms with van der Waals surface area (Å²) in [4.78, 5) is 7.45. The number of nitrogens with two attached hydrogens (primary N) is 1. The van der Waals surface area contributed by atoms with Gasteiger partial charge in [-0.05, 0) is 60.1 Å². The monoisotopic (exact) mass is 579 g/mol. The summed E-state index contributed by atoms with van der Waals surface area (Å²) < 4.78 is 1.06. The highest BCUT2D eigenvalue weighted by atomic mass is 79.9. The van der Waals surface area contributed by atoms with E-state index in [0.29, 0.717) is 25.7 Å². The van der Waals surface area contributed by atoms with Crippen molar-refractivity contribution in [2.45, 2.75) is 41.8 Å². The van der Waals surface area contributed by atoms with Crippen LogP contribution in [0.3, 0.4) is 0 Å². The van der Waals surface area contributed by atoms with Crippen LogP contribution in [-0.2, 0) is 13.0 Å². The van der Waals surface area contributed by atoms with Crippen molar-refractivity contribution < 1.29 is 10.2 Å². The zero-order valence-corrected chi connectivity index (χ0v) is 22.2. The number of pyridine rings is 1. The number of halogens is 3. The third kappa shape index (κ3) is 4.31. The molecule has 3 aromatic rings. The SMILES string of the molecule is N[C@@H]1c2cc(Br)ccc2CC12CCN(c1cc(O)c(Sc3cccc(Cl)c3Cl)nc1CO)CC2. The topological polar surface area (TPSA) is 82.6 Å². The van der Waals surface area contributed by atoms with Crippen molar-refractivity contribution in [3.63, 3.8) is 0 Å². The number of rotatable bonds is 4. The number of hydrogen-bond acceptors (Lipinski definition) is 6. The largest absolute Gasteiger partial charge is 0.505 e. The first-order chi connectivity index (χ1) is 16.3. The molecule has 178 valence electrons. The van der Waals surface area contributed by atoms with Gasteiger partial charge in [-0.25, -0.2) is 4.98 Å². The van der Waals surface area contributed by atoms with Crippen molar-refractivity contribution in [1.82, 2.24) is 4.98 Å². The Labute approximate surface area is 221 Å². The van der Waals surface area contributed by atoms with Crippen LogP contribution in [-0.4, -0.2) is 28.3 Å². The summed E-state index contributed by atoms with van der Waals surface area (Å²) >= 11 is 17.2.